The van der Waals surface area contributed by atoms with E-state index in [1.807, 2.05) is 0 Å². The van der Waals surface area contributed by atoms with E-state index >= 15 is 0 Å². The van der Waals surface area contributed by atoms with Gasteiger partial charge in [0.15, 0.2) is 11.5 Å². The Kier molecular flexibility index (Phi) is 4.96. The lowest BCUT2D eigenvalue weighted by Gasteiger charge is -2.19. The number of nitrogens with two attached hydrogens (primary N) is 1. The van der Waals surface area contributed by atoms with Crippen LogP contribution in [0.3, 0.4) is 0 Å². The SMILES string of the molecule is CC1(C)CCC(Oc2cc(C(N)CCC(=O)O)ccc2O)C1. The second-order valence-corrected chi connectivity index (χ2v) is 6.91. The maximum atomic E-state index is 10.6. The highest BCUT2D eigenvalue weighted by Crippen LogP contribution is 2.40. The largest absolute Gasteiger partial charge is 0.504 e. The van der Waals surface area contributed by atoms with Crippen LogP contribution >= 0.6 is 0 Å². The van der Waals surface area contributed by atoms with Crippen molar-refractivity contribution in [3.8, 4) is 11.5 Å². The summed E-state index contributed by atoms with van der Waals surface area (Å²) in [6.07, 6.45) is 3.52. The summed E-state index contributed by atoms with van der Waals surface area (Å²) in [6.45, 7) is 4.43. The Morgan fingerprint density at radius 2 is 2.23 bits per heavy atom. The molecule has 0 spiro atoms. The normalized spacial score (nSPS) is 21.5. The quantitative estimate of drug-likeness (QED) is 0.750. The number of phenolic OH excluding ortho intramolecular Hbond substituents is 1. The van der Waals surface area contributed by atoms with E-state index in [9.17, 15) is 9.90 Å². The summed E-state index contributed by atoms with van der Waals surface area (Å²) in [5, 5.41) is 18.7. The average Bonchev–Trinajstić information content (AvgIpc) is 2.77. The summed E-state index contributed by atoms with van der Waals surface area (Å²) in [5.41, 5.74) is 7.07. The van der Waals surface area contributed by atoms with Crippen molar-refractivity contribution in [1.82, 2.24) is 0 Å². The van der Waals surface area contributed by atoms with Crippen LogP contribution in [-0.4, -0.2) is 22.3 Å². The summed E-state index contributed by atoms with van der Waals surface area (Å²) in [7, 11) is 0. The first-order chi connectivity index (χ1) is 10.3. The zero-order chi connectivity index (χ0) is 16.3. The summed E-state index contributed by atoms with van der Waals surface area (Å²) < 4.78 is 5.94. The maximum Gasteiger partial charge on any atom is 0.303 e. The molecule has 1 fully saturated rings. The molecule has 0 bridgehead atoms. The topological polar surface area (TPSA) is 92.8 Å². The lowest BCUT2D eigenvalue weighted by Crippen LogP contribution is -2.16. The van der Waals surface area contributed by atoms with Crippen molar-refractivity contribution in [2.75, 3.05) is 0 Å². The van der Waals surface area contributed by atoms with E-state index in [0.29, 0.717) is 12.2 Å². The predicted molar refractivity (Wildman–Crippen MR) is 84.0 cm³/mol. The Morgan fingerprint density at radius 1 is 1.50 bits per heavy atom. The van der Waals surface area contributed by atoms with Gasteiger partial charge in [-0.2, -0.15) is 0 Å². The van der Waals surface area contributed by atoms with Crippen molar-refractivity contribution < 1.29 is 19.7 Å². The number of hydrogen-bond donors (Lipinski definition) is 3. The molecule has 1 aromatic carbocycles. The van der Waals surface area contributed by atoms with E-state index in [-0.39, 0.29) is 29.7 Å². The summed E-state index contributed by atoms with van der Waals surface area (Å²) in [4.78, 5) is 10.6. The minimum Gasteiger partial charge on any atom is -0.504 e. The van der Waals surface area contributed by atoms with Crippen molar-refractivity contribution in [3.05, 3.63) is 23.8 Å². The van der Waals surface area contributed by atoms with Crippen molar-refractivity contribution >= 4 is 5.97 Å². The average molecular weight is 307 g/mol. The van der Waals surface area contributed by atoms with Crippen LogP contribution in [0.15, 0.2) is 18.2 Å². The fourth-order valence-corrected chi connectivity index (χ4v) is 2.95. The molecule has 1 aromatic rings. The highest BCUT2D eigenvalue weighted by Gasteiger charge is 2.32. The maximum absolute atomic E-state index is 10.6. The third kappa shape index (κ3) is 4.37. The molecule has 2 rings (SSSR count). The number of ether oxygens (including phenoxy) is 1. The summed E-state index contributed by atoms with van der Waals surface area (Å²) in [5.74, 6) is -0.330. The van der Waals surface area contributed by atoms with Gasteiger partial charge in [-0.05, 0) is 48.8 Å². The van der Waals surface area contributed by atoms with E-state index in [1.54, 1.807) is 18.2 Å². The molecule has 0 heterocycles. The van der Waals surface area contributed by atoms with Crippen LogP contribution in [-0.2, 0) is 4.79 Å². The van der Waals surface area contributed by atoms with Gasteiger partial charge in [0, 0.05) is 12.5 Å². The molecule has 4 N–H and O–H groups in total. The molecule has 2 unspecified atom stereocenters. The Labute approximate surface area is 131 Å². The zero-order valence-electron chi connectivity index (χ0n) is 13.2. The molecule has 2 atom stereocenters. The van der Waals surface area contributed by atoms with Crippen LogP contribution in [0, 0.1) is 5.41 Å². The number of benzene rings is 1. The minimum atomic E-state index is -0.862. The van der Waals surface area contributed by atoms with Crippen molar-refractivity contribution in [2.45, 2.75) is 58.1 Å². The van der Waals surface area contributed by atoms with Gasteiger partial charge in [0.25, 0.3) is 0 Å². The number of aromatic hydroxyl groups is 1. The smallest absolute Gasteiger partial charge is 0.303 e. The molecule has 5 nitrogen and oxygen atoms in total. The van der Waals surface area contributed by atoms with Crippen molar-refractivity contribution in [2.24, 2.45) is 11.1 Å². The fourth-order valence-electron chi connectivity index (χ4n) is 2.95. The van der Waals surface area contributed by atoms with Gasteiger partial charge in [-0.25, -0.2) is 0 Å². The van der Waals surface area contributed by atoms with Gasteiger partial charge < -0.3 is 20.7 Å². The first-order valence-electron chi connectivity index (χ1n) is 7.74. The Bertz CT molecular complexity index is 541. The van der Waals surface area contributed by atoms with E-state index in [2.05, 4.69) is 13.8 Å². The van der Waals surface area contributed by atoms with Gasteiger partial charge in [0.1, 0.15) is 0 Å². The van der Waals surface area contributed by atoms with Crippen LogP contribution < -0.4 is 10.5 Å². The molecular weight excluding hydrogens is 282 g/mol. The summed E-state index contributed by atoms with van der Waals surface area (Å²) in [6, 6.07) is 4.63. The third-order valence-corrected chi connectivity index (χ3v) is 4.30. The molecule has 0 aliphatic heterocycles. The highest BCUT2D eigenvalue weighted by molar-refractivity contribution is 5.66. The second-order valence-electron chi connectivity index (χ2n) is 6.91. The predicted octanol–water partition coefficient (Wildman–Crippen LogP) is 3.21. The number of carboxylic acids is 1. The zero-order valence-corrected chi connectivity index (χ0v) is 13.2. The van der Waals surface area contributed by atoms with Crippen molar-refractivity contribution in [3.63, 3.8) is 0 Å². The van der Waals surface area contributed by atoms with Gasteiger partial charge >= 0.3 is 5.97 Å². The number of carboxylic acid groups (broad SMARTS) is 1. The molecule has 1 aliphatic carbocycles. The standard InChI is InChI=1S/C17H25NO4/c1-17(2)8-7-12(10-17)22-15-9-11(3-5-14(15)19)13(18)4-6-16(20)21/h3,5,9,12-13,19H,4,6-8,10,18H2,1-2H3,(H,20,21). The van der Waals surface area contributed by atoms with Gasteiger partial charge in [0.05, 0.1) is 6.10 Å². The first-order valence-corrected chi connectivity index (χ1v) is 7.74. The van der Waals surface area contributed by atoms with E-state index in [0.717, 1.165) is 24.8 Å². The number of rotatable bonds is 6. The van der Waals surface area contributed by atoms with Gasteiger partial charge in [-0.15, -0.1) is 0 Å². The first kappa shape index (κ1) is 16.6. The molecular formula is C17H25NO4. The molecule has 122 valence electrons. The van der Waals surface area contributed by atoms with Gasteiger partial charge in [-0.1, -0.05) is 19.9 Å². The van der Waals surface area contributed by atoms with Crippen LogP contribution in [0.2, 0.25) is 0 Å². The number of phenols is 1. The summed E-state index contributed by atoms with van der Waals surface area (Å²) >= 11 is 0. The van der Waals surface area contributed by atoms with Crippen molar-refractivity contribution in [1.29, 1.82) is 0 Å². The molecule has 22 heavy (non-hydrogen) atoms. The van der Waals surface area contributed by atoms with Gasteiger partial charge in [0.2, 0.25) is 0 Å². The number of aliphatic carboxylic acids is 1. The van der Waals surface area contributed by atoms with E-state index in [4.69, 9.17) is 15.6 Å². The van der Waals surface area contributed by atoms with Crippen LogP contribution in [0.4, 0.5) is 0 Å². The Hall–Kier alpha value is -1.75. The molecule has 1 aliphatic rings. The minimum absolute atomic E-state index is 0.0229. The molecule has 0 aromatic heterocycles. The molecule has 1 saturated carbocycles. The lowest BCUT2D eigenvalue weighted by molar-refractivity contribution is -0.137. The second kappa shape index (κ2) is 6.57. The molecule has 0 amide bonds. The number of hydrogen-bond acceptors (Lipinski definition) is 4. The highest BCUT2D eigenvalue weighted by atomic mass is 16.5. The number of carbonyl (C=O) groups is 1. The Balaban J connectivity index is 2.05. The molecule has 5 heteroatoms. The molecule has 0 saturated heterocycles. The Morgan fingerprint density at radius 3 is 2.82 bits per heavy atom. The fraction of sp³-hybridized carbons (Fsp3) is 0.588. The van der Waals surface area contributed by atoms with Crippen LogP contribution in [0.5, 0.6) is 11.5 Å². The van der Waals surface area contributed by atoms with E-state index in [1.165, 1.54) is 0 Å². The molecule has 0 radical (unpaired) electrons. The van der Waals surface area contributed by atoms with Crippen LogP contribution in [0.25, 0.3) is 0 Å². The monoisotopic (exact) mass is 307 g/mol. The van der Waals surface area contributed by atoms with Crippen LogP contribution in [0.1, 0.15) is 57.6 Å². The van der Waals surface area contributed by atoms with Gasteiger partial charge in [-0.3, -0.25) is 4.79 Å². The van der Waals surface area contributed by atoms with E-state index < -0.39 is 5.97 Å². The third-order valence-electron chi connectivity index (χ3n) is 4.30. The lowest BCUT2D eigenvalue weighted by atomic mass is 9.92.